The Hall–Kier alpha value is -3.08. The second-order valence-electron chi connectivity index (χ2n) is 7.87. The number of para-hydroxylation sites is 1. The number of rotatable bonds is 4. The van der Waals surface area contributed by atoms with Crippen LogP contribution in [0.15, 0.2) is 72.8 Å². The summed E-state index contributed by atoms with van der Waals surface area (Å²) in [4.78, 5) is 2.18. The molecule has 0 radical (unpaired) electrons. The minimum absolute atomic E-state index is 0.557. The highest BCUT2D eigenvalue weighted by molar-refractivity contribution is 6.31. The van der Waals surface area contributed by atoms with E-state index in [9.17, 15) is 5.21 Å². The first-order valence-corrected chi connectivity index (χ1v) is 10.4. The fourth-order valence-electron chi connectivity index (χ4n) is 4.31. The van der Waals surface area contributed by atoms with Gasteiger partial charge in [-0.3, -0.25) is 0 Å². The second-order valence-corrected chi connectivity index (χ2v) is 8.30. The fraction of sp³-hybridized carbons (Fsp3) is 0.160. The van der Waals surface area contributed by atoms with Gasteiger partial charge >= 0.3 is 0 Å². The smallest absolute Gasteiger partial charge is 0.234 e. The largest absolute Gasteiger partial charge is 0.618 e. The molecular formula is C25H22ClN3O. The van der Waals surface area contributed by atoms with Crippen LogP contribution in [0.3, 0.4) is 0 Å². The van der Waals surface area contributed by atoms with Crippen molar-refractivity contribution in [3.8, 4) is 11.3 Å². The summed E-state index contributed by atoms with van der Waals surface area (Å²) in [5.41, 5.74) is 4.36. The van der Waals surface area contributed by atoms with Crippen molar-refractivity contribution in [1.29, 1.82) is 0 Å². The molecule has 0 amide bonds. The topological polar surface area (TPSA) is 35.1 Å². The van der Waals surface area contributed by atoms with Crippen LogP contribution in [0.5, 0.6) is 0 Å². The molecule has 0 aliphatic carbocycles. The first kappa shape index (κ1) is 18.9. The number of likely N-dealkylation sites (N-methyl/N-ethyl adjacent to an activating group) is 1. The maximum Gasteiger partial charge on any atom is 0.234 e. The SMILES string of the molecule is CN(C)CCn1c2ccccc2c2c(-c3ccccc3)[n+]([O-])c3cc(Cl)ccc3c21. The van der Waals surface area contributed by atoms with Crippen LogP contribution in [0, 0.1) is 5.21 Å². The quantitative estimate of drug-likeness (QED) is 0.288. The number of fused-ring (bicyclic) bond motifs is 5. The summed E-state index contributed by atoms with van der Waals surface area (Å²) in [6.45, 7) is 1.72. The molecule has 0 aliphatic heterocycles. The average Bonchev–Trinajstić information content (AvgIpc) is 3.07. The van der Waals surface area contributed by atoms with E-state index in [4.69, 9.17) is 11.6 Å². The van der Waals surface area contributed by atoms with Crippen molar-refractivity contribution >= 4 is 44.3 Å². The van der Waals surface area contributed by atoms with E-state index < -0.39 is 0 Å². The number of benzene rings is 3. The molecule has 2 heterocycles. The van der Waals surface area contributed by atoms with Gasteiger partial charge in [-0.25, -0.2) is 0 Å². The molecule has 150 valence electrons. The zero-order valence-corrected chi connectivity index (χ0v) is 17.7. The van der Waals surface area contributed by atoms with E-state index in [2.05, 4.69) is 41.8 Å². The number of hydrogen-bond donors (Lipinski definition) is 0. The summed E-state index contributed by atoms with van der Waals surface area (Å²) < 4.78 is 3.38. The van der Waals surface area contributed by atoms with E-state index in [1.54, 1.807) is 6.07 Å². The summed E-state index contributed by atoms with van der Waals surface area (Å²) in [5, 5.41) is 17.2. The first-order chi connectivity index (χ1) is 14.6. The molecule has 0 aliphatic rings. The molecule has 5 heteroatoms. The van der Waals surface area contributed by atoms with Crippen LogP contribution < -0.4 is 4.73 Å². The van der Waals surface area contributed by atoms with Crippen molar-refractivity contribution in [2.24, 2.45) is 0 Å². The van der Waals surface area contributed by atoms with E-state index >= 15 is 0 Å². The molecule has 0 bridgehead atoms. The Labute approximate surface area is 180 Å². The van der Waals surface area contributed by atoms with E-state index in [0.29, 0.717) is 16.2 Å². The number of hydrogen-bond acceptors (Lipinski definition) is 2. The molecule has 0 spiro atoms. The second kappa shape index (κ2) is 7.31. The van der Waals surface area contributed by atoms with Gasteiger partial charge in [0.15, 0.2) is 0 Å². The van der Waals surface area contributed by atoms with E-state index in [1.807, 2.05) is 48.5 Å². The van der Waals surface area contributed by atoms with E-state index in [-0.39, 0.29) is 0 Å². The summed E-state index contributed by atoms with van der Waals surface area (Å²) in [5.74, 6) is 0. The van der Waals surface area contributed by atoms with Gasteiger partial charge in [-0.1, -0.05) is 48.0 Å². The highest BCUT2D eigenvalue weighted by Crippen LogP contribution is 2.39. The number of halogens is 1. The molecule has 4 nitrogen and oxygen atoms in total. The number of nitrogens with zero attached hydrogens (tertiary/aromatic N) is 3. The Kier molecular flexibility index (Phi) is 4.61. The van der Waals surface area contributed by atoms with Crippen LogP contribution in [-0.4, -0.2) is 30.1 Å². The maximum atomic E-state index is 13.7. The van der Waals surface area contributed by atoms with Gasteiger partial charge in [0, 0.05) is 40.6 Å². The standard InChI is InChI=1S/C25H22ClN3O/c1-27(2)14-15-28-21-11-7-6-10-19(21)23-24(17-8-4-3-5-9-17)29(30)22-16-18(26)12-13-20(22)25(23)28/h3-13,16H,14-15H2,1-2H3. The van der Waals surface area contributed by atoms with E-state index in [1.165, 1.54) is 0 Å². The highest BCUT2D eigenvalue weighted by atomic mass is 35.5. The van der Waals surface area contributed by atoms with Gasteiger partial charge in [0.1, 0.15) is 0 Å². The lowest BCUT2D eigenvalue weighted by molar-refractivity contribution is -0.563. The molecule has 5 rings (SSSR count). The van der Waals surface area contributed by atoms with Gasteiger partial charge in [-0.2, -0.15) is 4.73 Å². The van der Waals surface area contributed by atoms with Gasteiger partial charge in [0.05, 0.1) is 16.3 Å². The minimum Gasteiger partial charge on any atom is -0.618 e. The van der Waals surface area contributed by atoms with Gasteiger partial charge < -0.3 is 14.7 Å². The Balaban J connectivity index is 2.03. The van der Waals surface area contributed by atoms with Crippen molar-refractivity contribution in [2.45, 2.75) is 6.54 Å². The van der Waals surface area contributed by atoms with Gasteiger partial charge in [-0.15, -0.1) is 0 Å². The summed E-state index contributed by atoms with van der Waals surface area (Å²) in [7, 11) is 4.15. The molecule has 2 aromatic heterocycles. The number of pyridine rings is 1. The Bertz CT molecular complexity index is 1390. The summed E-state index contributed by atoms with van der Waals surface area (Å²) >= 11 is 6.30. The van der Waals surface area contributed by atoms with Crippen molar-refractivity contribution < 1.29 is 4.73 Å². The molecule has 0 saturated carbocycles. The van der Waals surface area contributed by atoms with Crippen LogP contribution in [0.2, 0.25) is 5.02 Å². The lowest BCUT2D eigenvalue weighted by Gasteiger charge is -2.15. The average molecular weight is 416 g/mol. The monoisotopic (exact) mass is 415 g/mol. The van der Waals surface area contributed by atoms with Crippen molar-refractivity contribution in [3.63, 3.8) is 0 Å². The van der Waals surface area contributed by atoms with Crippen LogP contribution in [0.25, 0.3) is 44.0 Å². The normalized spacial score (nSPS) is 11.9. The third-order valence-corrected chi connectivity index (χ3v) is 5.90. The molecular weight excluding hydrogens is 394 g/mol. The molecule has 0 saturated heterocycles. The minimum atomic E-state index is 0.557. The van der Waals surface area contributed by atoms with Crippen molar-refractivity contribution in [2.75, 3.05) is 20.6 Å². The molecule has 0 atom stereocenters. The van der Waals surface area contributed by atoms with Crippen LogP contribution in [0.4, 0.5) is 0 Å². The van der Waals surface area contributed by atoms with Crippen molar-refractivity contribution in [3.05, 3.63) is 83.0 Å². The Morgan fingerprint density at radius 2 is 1.67 bits per heavy atom. The predicted octanol–water partition coefficient (Wildman–Crippen LogP) is 5.46. The molecule has 0 N–H and O–H groups in total. The van der Waals surface area contributed by atoms with Gasteiger partial charge in [0.2, 0.25) is 11.2 Å². The van der Waals surface area contributed by atoms with Crippen LogP contribution in [-0.2, 0) is 6.54 Å². The van der Waals surface area contributed by atoms with Crippen LogP contribution >= 0.6 is 11.6 Å². The Morgan fingerprint density at radius 3 is 2.43 bits per heavy atom. The van der Waals surface area contributed by atoms with Gasteiger partial charge in [-0.05, 0) is 44.4 Å². The first-order valence-electron chi connectivity index (χ1n) is 10.0. The molecule has 5 aromatic rings. The lowest BCUT2D eigenvalue weighted by Crippen LogP contribution is -2.30. The third kappa shape index (κ3) is 2.92. The maximum absolute atomic E-state index is 13.7. The predicted molar refractivity (Wildman–Crippen MR) is 125 cm³/mol. The molecule has 0 fully saturated rings. The van der Waals surface area contributed by atoms with Gasteiger partial charge in [0.25, 0.3) is 0 Å². The third-order valence-electron chi connectivity index (χ3n) is 5.66. The highest BCUT2D eigenvalue weighted by Gasteiger charge is 2.26. The molecule has 30 heavy (non-hydrogen) atoms. The zero-order chi connectivity index (χ0) is 20.8. The summed E-state index contributed by atoms with van der Waals surface area (Å²) in [6, 6.07) is 23.8. The van der Waals surface area contributed by atoms with E-state index in [0.717, 1.165) is 50.6 Å². The zero-order valence-electron chi connectivity index (χ0n) is 17.0. The fourth-order valence-corrected chi connectivity index (χ4v) is 4.47. The van der Waals surface area contributed by atoms with Crippen molar-refractivity contribution in [1.82, 2.24) is 9.47 Å². The summed E-state index contributed by atoms with van der Waals surface area (Å²) in [6.07, 6.45) is 0. The molecule has 0 unspecified atom stereocenters. The number of aromatic nitrogens is 2. The Morgan fingerprint density at radius 1 is 0.933 bits per heavy atom. The lowest BCUT2D eigenvalue weighted by atomic mass is 10.0. The van der Waals surface area contributed by atoms with Crippen LogP contribution in [0.1, 0.15) is 0 Å². The molecule has 3 aromatic carbocycles.